The SMILES string of the molecule is CC(C)N(CCS(=O)(=O)c1ccc(Br)cc1)CC(N)=O. The zero-order valence-electron chi connectivity index (χ0n) is 11.5. The van der Waals surface area contributed by atoms with Crippen molar-refractivity contribution in [3.8, 4) is 0 Å². The van der Waals surface area contributed by atoms with Gasteiger partial charge in [0.25, 0.3) is 0 Å². The number of nitrogens with two attached hydrogens (primary N) is 1. The molecule has 1 rings (SSSR count). The molecule has 112 valence electrons. The van der Waals surface area contributed by atoms with Gasteiger partial charge in [-0.05, 0) is 38.1 Å². The van der Waals surface area contributed by atoms with Crippen LogP contribution in [0.4, 0.5) is 0 Å². The average molecular weight is 363 g/mol. The van der Waals surface area contributed by atoms with Crippen LogP contribution >= 0.6 is 15.9 Å². The first kappa shape index (κ1) is 17.1. The fourth-order valence-corrected chi connectivity index (χ4v) is 3.24. The third-order valence-corrected chi connectivity index (χ3v) is 5.15. The lowest BCUT2D eigenvalue weighted by Crippen LogP contribution is -2.41. The Morgan fingerprint density at radius 1 is 1.30 bits per heavy atom. The van der Waals surface area contributed by atoms with Gasteiger partial charge in [0.2, 0.25) is 5.91 Å². The zero-order chi connectivity index (χ0) is 15.3. The Morgan fingerprint density at radius 3 is 2.30 bits per heavy atom. The highest BCUT2D eigenvalue weighted by atomic mass is 79.9. The predicted octanol–water partition coefficient (Wildman–Crippen LogP) is 1.42. The van der Waals surface area contributed by atoms with Gasteiger partial charge in [-0.25, -0.2) is 8.42 Å². The third-order valence-electron chi connectivity index (χ3n) is 2.91. The van der Waals surface area contributed by atoms with E-state index in [-0.39, 0.29) is 29.8 Å². The summed E-state index contributed by atoms with van der Waals surface area (Å²) >= 11 is 3.27. The Hall–Kier alpha value is -0.920. The maximum absolute atomic E-state index is 12.2. The molecule has 0 saturated carbocycles. The summed E-state index contributed by atoms with van der Waals surface area (Å²) in [5, 5.41) is 0. The summed E-state index contributed by atoms with van der Waals surface area (Å²) in [6, 6.07) is 6.57. The van der Waals surface area contributed by atoms with Gasteiger partial charge in [-0.2, -0.15) is 0 Å². The van der Waals surface area contributed by atoms with Crippen LogP contribution in [0, 0.1) is 0 Å². The van der Waals surface area contributed by atoms with Crippen LogP contribution < -0.4 is 5.73 Å². The van der Waals surface area contributed by atoms with Crippen molar-refractivity contribution in [3.05, 3.63) is 28.7 Å². The molecule has 1 amide bonds. The Morgan fingerprint density at radius 2 is 1.85 bits per heavy atom. The molecule has 7 heteroatoms. The first-order chi connectivity index (χ1) is 9.22. The van der Waals surface area contributed by atoms with Gasteiger partial charge in [0.05, 0.1) is 17.2 Å². The predicted molar refractivity (Wildman–Crippen MR) is 82.1 cm³/mol. The summed E-state index contributed by atoms with van der Waals surface area (Å²) in [7, 11) is -3.36. The van der Waals surface area contributed by atoms with Crippen molar-refractivity contribution in [1.82, 2.24) is 4.90 Å². The topological polar surface area (TPSA) is 80.5 Å². The van der Waals surface area contributed by atoms with E-state index in [1.807, 2.05) is 13.8 Å². The smallest absolute Gasteiger partial charge is 0.231 e. The van der Waals surface area contributed by atoms with Gasteiger partial charge >= 0.3 is 0 Å². The van der Waals surface area contributed by atoms with Crippen LogP contribution in [0.3, 0.4) is 0 Å². The lowest BCUT2D eigenvalue weighted by atomic mass is 10.3. The number of benzene rings is 1. The molecule has 0 spiro atoms. The lowest BCUT2D eigenvalue weighted by Gasteiger charge is -2.24. The Balaban J connectivity index is 2.75. The van der Waals surface area contributed by atoms with Crippen molar-refractivity contribution in [3.63, 3.8) is 0 Å². The standard InChI is InChI=1S/C13H19BrN2O3S/c1-10(2)16(9-13(15)17)7-8-20(18,19)12-5-3-11(14)4-6-12/h3-6,10H,7-9H2,1-2H3,(H2,15,17). The van der Waals surface area contributed by atoms with E-state index in [1.165, 1.54) is 0 Å². The summed E-state index contributed by atoms with van der Waals surface area (Å²) in [6.07, 6.45) is 0. The number of amides is 1. The quantitative estimate of drug-likeness (QED) is 0.795. The maximum atomic E-state index is 12.2. The maximum Gasteiger partial charge on any atom is 0.231 e. The minimum absolute atomic E-state index is 0.0416. The number of carbonyl (C=O) groups is 1. The average Bonchev–Trinajstić information content (AvgIpc) is 2.34. The van der Waals surface area contributed by atoms with E-state index in [4.69, 9.17) is 5.73 Å². The number of nitrogens with zero attached hydrogens (tertiary/aromatic N) is 1. The van der Waals surface area contributed by atoms with Crippen LogP contribution in [0.15, 0.2) is 33.6 Å². The van der Waals surface area contributed by atoms with Gasteiger partial charge in [-0.1, -0.05) is 15.9 Å². The second-order valence-electron chi connectivity index (χ2n) is 4.80. The summed E-state index contributed by atoms with van der Waals surface area (Å²) in [4.78, 5) is 13.0. The molecule has 1 aromatic carbocycles. The van der Waals surface area contributed by atoms with Crippen LogP contribution in [0.2, 0.25) is 0 Å². The Bertz CT molecular complexity index is 555. The van der Waals surface area contributed by atoms with Gasteiger partial charge in [-0.3, -0.25) is 9.69 Å². The molecule has 0 radical (unpaired) electrons. The first-order valence-corrected chi connectivity index (χ1v) is 8.67. The molecule has 0 atom stereocenters. The number of sulfone groups is 1. The van der Waals surface area contributed by atoms with Crippen molar-refractivity contribution in [2.45, 2.75) is 24.8 Å². The fourth-order valence-electron chi connectivity index (χ4n) is 1.72. The number of rotatable bonds is 7. The van der Waals surface area contributed by atoms with Gasteiger partial charge in [0.15, 0.2) is 9.84 Å². The second kappa shape index (κ2) is 7.19. The van der Waals surface area contributed by atoms with Crippen LogP contribution in [0.25, 0.3) is 0 Å². The van der Waals surface area contributed by atoms with Crippen LogP contribution in [0.5, 0.6) is 0 Å². The number of hydrogen-bond donors (Lipinski definition) is 1. The van der Waals surface area contributed by atoms with Crippen LogP contribution in [0.1, 0.15) is 13.8 Å². The lowest BCUT2D eigenvalue weighted by molar-refractivity contribution is -0.119. The molecule has 0 unspecified atom stereocenters. The van der Waals surface area contributed by atoms with E-state index in [9.17, 15) is 13.2 Å². The molecule has 20 heavy (non-hydrogen) atoms. The Kier molecular flexibility index (Phi) is 6.16. The van der Waals surface area contributed by atoms with Gasteiger partial charge in [-0.15, -0.1) is 0 Å². The monoisotopic (exact) mass is 362 g/mol. The van der Waals surface area contributed by atoms with E-state index in [1.54, 1.807) is 29.2 Å². The fraction of sp³-hybridized carbons (Fsp3) is 0.462. The molecule has 0 heterocycles. The van der Waals surface area contributed by atoms with Gasteiger partial charge in [0.1, 0.15) is 0 Å². The Labute approximate surface area is 128 Å². The van der Waals surface area contributed by atoms with Crippen LogP contribution in [-0.4, -0.2) is 44.1 Å². The second-order valence-corrected chi connectivity index (χ2v) is 7.83. The normalized spacial score (nSPS) is 12.1. The highest BCUT2D eigenvalue weighted by molar-refractivity contribution is 9.10. The summed E-state index contributed by atoms with van der Waals surface area (Å²) in [5.41, 5.74) is 5.16. The summed E-state index contributed by atoms with van der Waals surface area (Å²) in [5.74, 6) is -0.500. The molecule has 0 aliphatic rings. The third kappa shape index (κ3) is 5.22. The molecule has 0 fully saturated rings. The van der Waals surface area contributed by atoms with Crippen molar-refractivity contribution in [2.24, 2.45) is 5.73 Å². The molecular formula is C13H19BrN2O3S. The molecule has 0 aliphatic heterocycles. The highest BCUT2D eigenvalue weighted by Gasteiger charge is 2.19. The largest absolute Gasteiger partial charge is 0.369 e. The molecule has 2 N–H and O–H groups in total. The number of halogens is 1. The van der Waals surface area contributed by atoms with Crippen molar-refractivity contribution in [1.29, 1.82) is 0 Å². The number of carbonyl (C=O) groups excluding carboxylic acids is 1. The molecule has 0 saturated heterocycles. The summed E-state index contributed by atoms with van der Waals surface area (Å²) < 4.78 is 25.2. The van der Waals surface area contributed by atoms with Crippen molar-refractivity contribution < 1.29 is 13.2 Å². The van der Waals surface area contributed by atoms with E-state index in [0.717, 1.165) is 4.47 Å². The molecule has 0 aromatic heterocycles. The van der Waals surface area contributed by atoms with Crippen molar-refractivity contribution >= 4 is 31.7 Å². The van der Waals surface area contributed by atoms with E-state index in [0.29, 0.717) is 0 Å². The van der Waals surface area contributed by atoms with E-state index < -0.39 is 15.7 Å². The molecule has 0 bridgehead atoms. The van der Waals surface area contributed by atoms with E-state index in [2.05, 4.69) is 15.9 Å². The molecule has 1 aromatic rings. The highest BCUT2D eigenvalue weighted by Crippen LogP contribution is 2.16. The van der Waals surface area contributed by atoms with Gasteiger partial charge in [0, 0.05) is 17.1 Å². The molecular weight excluding hydrogens is 344 g/mol. The van der Waals surface area contributed by atoms with Crippen LogP contribution in [-0.2, 0) is 14.6 Å². The van der Waals surface area contributed by atoms with Gasteiger partial charge < -0.3 is 5.73 Å². The molecule has 5 nitrogen and oxygen atoms in total. The zero-order valence-corrected chi connectivity index (χ0v) is 13.9. The first-order valence-electron chi connectivity index (χ1n) is 6.23. The minimum Gasteiger partial charge on any atom is -0.369 e. The number of hydrogen-bond acceptors (Lipinski definition) is 4. The van der Waals surface area contributed by atoms with Crippen molar-refractivity contribution in [2.75, 3.05) is 18.8 Å². The number of primary amides is 1. The molecule has 0 aliphatic carbocycles. The van der Waals surface area contributed by atoms with E-state index >= 15 is 0 Å². The minimum atomic E-state index is -3.36. The summed E-state index contributed by atoms with van der Waals surface area (Å²) in [6.45, 7) is 4.14.